The molecule has 1 fully saturated rings. The first-order chi connectivity index (χ1) is 11.0. The molecule has 2 amide bonds. The molecule has 1 aromatic carbocycles. The number of aryl methyl sites for hydroxylation is 2. The Bertz CT molecular complexity index is 571. The number of amides is 2. The van der Waals surface area contributed by atoms with Gasteiger partial charge in [-0.15, -0.1) is 0 Å². The van der Waals surface area contributed by atoms with Crippen molar-refractivity contribution in [3.63, 3.8) is 0 Å². The van der Waals surface area contributed by atoms with Crippen LogP contribution in [0.15, 0.2) is 18.2 Å². The van der Waals surface area contributed by atoms with E-state index in [1.54, 1.807) is 6.07 Å². The van der Waals surface area contributed by atoms with Crippen molar-refractivity contribution in [3.05, 3.63) is 34.9 Å². The summed E-state index contributed by atoms with van der Waals surface area (Å²) < 4.78 is 0. The Labute approximate surface area is 138 Å². The maximum absolute atomic E-state index is 12.1. The lowest BCUT2D eigenvalue weighted by atomic mass is 10.1. The van der Waals surface area contributed by atoms with Crippen molar-refractivity contribution in [2.24, 2.45) is 0 Å². The summed E-state index contributed by atoms with van der Waals surface area (Å²) in [6.45, 7) is 8.93. The number of carbonyl (C=O) groups excluding carboxylic acids is 2. The summed E-state index contributed by atoms with van der Waals surface area (Å²) in [4.78, 5) is 26.4. The van der Waals surface area contributed by atoms with Crippen LogP contribution < -0.4 is 10.6 Å². The van der Waals surface area contributed by atoms with Crippen LogP contribution in [0.3, 0.4) is 0 Å². The van der Waals surface area contributed by atoms with Crippen LogP contribution in [-0.4, -0.2) is 48.9 Å². The highest BCUT2D eigenvalue weighted by molar-refractivity contribution is 5.96. The van der Waals surface area contributed by atoms with Crippen LogP contribution in [0, 0.1) is 13.8 Å². The van der Waals surface area contributed by atoms with Gasteiger partial charge in [-0.05, 0) is 63.0 Å². The summed E-state index contributed by atoms with van der Waals surface area (Å²) >= 11 is 0. The molecular weight excluding hydrogens is 290 g/mol. The minimum Gasteiger partial charge on any atom is -0.353 e. The molecule has 1 aliphatic heterocycles. The number of likely N-dealkylation sites (tertiary alicyclic amines) is 1. The van der Waals surface area contributed by atoms with Crippen LogP contribution in [0.25, 0.3) is 0 Å². The third kappa shape index (κ3) is 4.79. The number of hydrogen-bond donors (Lipinski definition) is 2. The highest BCUT2D eigenvalue weighted by Gasteiger charge is 2.23. The van der Waals surface area contributed by atoms with Crippen molar-refractivity contribution in [1.82, 2.24) is 15.5 Å². The maximum Gasteiger partial charge on any atom is 0.251 e. The molecule has 5 heteroatoms. The molecule has 1 atom stereocenters. The van der Waals surface area contributed by atoms with E-state index in [-0.39, 0.29) is 18.4 Å². The number of nitrogens with zero attached hydrogens (tertiary/aromatic N) is 1. The molecule has 0 aliphatic carbocycles. The van der Waals surface area contributed by atoms with Gasteiger partial charge in [-0.25, -0.2) is 0 Å². The molecule has 2 rings (SSSR count). The summed E-state index contributed by atoms with van der Waals surface area (Å²) in [6.07, 6.45) is 2.32. The average molecular weight is 317 g/mol. The molecule has 126 valence electrons. The Hall–Kier alpha value is -1.88. The zero-order valence-corrected chi connectivity index (χ0v) is 14.3. The van der Waals surface area contributed by atoms with Crippen LogP contribution in [-0.2, 0) is 4.79 Å². The molecule has 0 aromatic heterocycles. The summed E-state index contributed by atoms with van der Waals surface area (Å²) in [5.74, 6) is -0.343. The highest BCUT2D eigenvalue weighted by atomic mass is 16.2. The minimum atomic E-state index is -0.209. The van der Waals surface area contributed by atoms with E-state index in [0.717, 1.165) is 30.6 Å². The Morgan fingerprint density at radius 3 is 2.70 bits per heavy atom. The largest absolute Gasteiger partial charge is 0.353 e. The van der Waals surface area contributed by atoms with Crippen LogP contribution in [0.4, 0.5) is 0 Å². The topological polar surface area (TPSA) is 61.4 Å². The fourth-order valence-corrected chi connectivity index (χ4v) is 2.98. The van der Waals surface area contributed by atoms with Crippen LogP contribution in [0.2, 0.25) is 0 Å². The van der Waals surface area contributed by atoms with Gasteiger partial charge in [0.05, 0.1) is 6.54 Å². The molecule has 1 aliphatic rings. The number of nitrogens with one attached hydrogen (secondary N) is 2. The summed E-state index contributed by atoms with van der Waals surface area (Å²) in [5.41, 5.74) is 2.81. The van der Waals surface area contributed by atoms with E-state index in [4.69, 9.17) is 0 Å². The van der Waals surface area contributed by atoms with E-state index < -0.39 is 0 Å². The van der Waals surface area contributed by atoms with Gasteiger partial charge in [0.25, 0.3) is 5.91 Å². The second-order valence-corrected chi connectivity index (χ2v) is 6.21. The van der Waals surface area contributed by atoms with Crippen LogP contribution in [0.5, 0.6) is 0 Å². The first kappa shape index (κ1) is 17.5. The smallest absolute Gasteiger partial charge is 0.251 e. The zero-order valence-electron chi connectivity index (χ0n) is 14.3. The first-order valence-corrected chi connectivity index (χ1v) is 8.37. The van der Waals surface area contributed by atoms with Crippen LogP contribution >= 0.6 is 0 Å². The Morgan fingerprint density at radius 1 is 1.22 bits per heavy atom. The van der Waals surface area contributed by atoms with Crippen LogP contribution in [0.1, 0.15) is 41.3 Å². The summed E-state index contributed by atoms with van der Waals surface area (Å²) in [7, 11) is 0. The van der Waals surface area contributed by atoms with Gasteiger partial charge in [-0.2, -0.15) is 0 Å². The van der Waals surface area contributed by atoms with Gasteiger partial charge in [0.1, 0.15) is 0 Å². The molecule has 23 heavy (non-hydrogen) atoms. The third-order valence-electron chi connectivity index (χ3n) is 4.62. The van der Waals surface area contributed by atoms with Gasteiger partial charge in [-0.1, -0.05) is 13.0 Å². The van der Waals surface area contributed by atoms with Gasteiger partial charge >= 0.3 is 0 Å². The molecular formula is C18H27N3O2. The lowest BCUT2D eigenvalue weighted by Gasteiger charge is -2.22. The van der Waals surface area contributed by atoms with Crippen molar-refractivity contribution in [2.75, 3.05) is 26.2 Å². The van der Waals surface area contributed by atoms with Crippen molar-refractivity contribution in [2.45, 2.75) is 39.7 Å². The van der Waals surface area contributed by atoms with Crippen molar-refractivity contribution >= 4 is 11.8 Å². The molecule has 5 nitrogen and oxygen atoms in total. The quantitative estimate of drug-likeness (QED) is 0.838. The second kappa shape index (κ2) is 8.11. The van der Waals surface area contributed by atoms with E-state index in [1.807, 2.05) is 26.0 Å². The number of hydrogen-bond acceptors (Lipinski definition) is 3. The normalized spacial score (nSPS) is 18.0. The molecule has 0 saturated carbocycles. The molecule has 1 unspecified atom stereocenters. The van der Waals surface area contributed by atoms with Gasteiger partial charge in [-0.3, -0.25) is 14.5 Å². The first-order valence-electron chi connectivity index (χ1n) is 8.37. The van der Waals surface area contributed by atoms with E-state index in [0.29, 0.717) is 18.2 Å². The predicted octanol–water partition coefficient (Wildman–Crippen LogP) is 1.63. The molecule has 1 aromatic rings. The second-order valence-electron chi connectivity index (χ2n) is 6.21. The number of carbonyl (C=O) groups is 2. The van der Waals surface area contributed by atoms with Crippen molar-refractivity contribution < 1.29 is 9.59 Å². The Kier molecular flexibility index (Phi) is 6.16. The van der Waals surface area contributed by atoms with Gasteiger partial charge in [0, 0.05) is 18.2 Å². The Balaban J connectivity index is 1.75. The molecule has 0 radical (unpaired) electrons. The minimum absolute atomic E-state index is 0.0185. The lowest BCUT2D eigenvalue weighted by molar-refractivity contribution is -0.120. The summed E-state index contributed by atoms with van der Waals surface area (Å²) in [6, 6.07) is 5.98. The van der Waals surface area contributed by atoms with E-state index >= 15 is 0 Å². The number of rotatable bonds is 6. The fourth-order valence-electron chi connectivity index (χ4n) is 2.98. The molecule has 2 N–H and O–H groups in total. The van der Waals surface area contributed by atoms with Gasteiger partial charge < -0.3 is 10.6 Å². The number of benzene rings is 1. The van der Waals surface area contributed by atoms with E-state index in [9.17, 15) is 9.59 Å². The predicted molar refractivity (Wildman–Crippen MR) is 91.5 cm³/mol. The Morgan fingerprint density at radius 2 is 2.00 bits per heavy atom. The van der Waals surface area contributed by atoms with Gasteiger partial charge in [0.15, 0.2) is 0 Å². The SMILES string of the molecule is CCN1CCCC1CNC(=O)CNC(=O)c1ccc(C)c(C)c1. The van der Waals surface area contributed by atoms with Gasteiger partial charge in [0.2, 0.25) is 5.91 Å². The fraction of sp³-hybridized carbons (Fsp3) is 0.556. The van der Waals surface area contributed by atoms with E-state index in [2.05, 4.69) is 22.5 Å². The average Bonchev–Trinajstić information content (AvgIpc) is 3.00. The van der Waals surface area contributed by atoms with E-state index in [1.165, 1.54) is 6.42 Å². The molecule has 1 heterocycles. The third-order valence-corrected chi connectivity index (χ3v) is 4.62. The molecule has 1 saturated heterocycles. The summed E-state index contributed by atoms with van der Waals surface area (Å²) in [5, 5.41) is 5.60. The lowest BCUT2D eigenvalue weighted by Crippen LogP contribution is -2.43. The standard InChI is InChI=1S/C18H27N3O2/c1-4-21-9-5-6-16(21)11-19-17(22)12-20-18(23)15-8-7-13(2)14(3)10-15/h7-8,10,16H,4-6,9,11-12H2,1-3H3,(H,19,22)(H,20,23). The monoisotopic (exact) mass is 317 g/mol. The van der Waals surface area contributed by atoms with Crippen molar-refractivity contribution in [1.29, 1.82) is 0 Å². The zero-order chi connectivity index (χ0) is 16.8. The number of likely N-dealkylation sites (N-methyl/N-ethyl adjacent to an activating group) is 1. The molecule has 0 bridgehead atoms. The highest BCUT2D eigenvalue weighted by Crippen LogP contribution is 2.15. The van der Waals surface area contributed by atoms with Crippen molar-refractivity contribution in [3.8, 4) is 0 Å². The molecule has 0 spiro atoms. The maximum atomic E-state index is 12.1.